The molecule has 1 atom stereocenters. The number of rotatable bonds is 7. The first-order valence-electron chi connectivity index (χ1n) is 7.06. The van der Waals surface area contributed by atoms with Gasteiger partial charge in [-0.15, -0.1) is 11.3 Å². The molecule has 0 bridgehead atoms. The van der Waals surface area contributed by atoms with Crippen LogP contribution in [0.5, 0.6) is 5.75 Å². The second-order valence-corrected chi connectivity index (χ2v) is 5.94. The minimum atomic E-state index is 0.303. The van der Waals surface area contributed by atoms with Crippen molar-refractivity contribution in [3.05, 3.63) is 45.9 Å². The molecule has 0 radical (unpaired) electrons. The average Bonchev–Trinajstić information content (AvgIpc) is 2.89. The number of aryl methyl sites for hydroxylation is 1. The van der Waals surface area contributed by atoms with Crippen molar-refractivity contribution >= 4 is 11.3 Å². The molecule has 2 rings (SSSR count). The van der Waals surface area contributed by atoms with Gasteiger partial charge in [0.15, 0.2) is 0 Å². The number of aromatic nitrogens is 1. The molecule has 0 aliphatic heterocycles. The van der Waals surface area contributed by atoms with E-state index in [2.05, 4.69) is 41.7 Å². The second kappa shape index (κ2) is 7.41. The fourth-order valence-corrected chi connectivity index (χ4v) is 2.55. The number of ether oxygens (including phenoxy) is 1. The van der Waals surface area contributed by atoms with Crippen molar-refractivity contribution in [3.8, 4) is 5.75 Å². The molecule has 0 aliphatic carbocycles. The molecule has 0 fully saturated rings. The van der Waals surface area contributed by atoms with Crippen molar-refractivity contribution in [1.82, 2.24) is 10.3 Å². The maximum absolute atomic E-state index is 5.59. The van der Waals surface area contributed by atoms with E-state index >= 15 is 0 Å². The Kier molecular flexibility index (Phi) is 5.56. The summed E-state index contributed by atoms with van der Waals surface area (Å²) in [6.07, 6.45) is 1.03. The lowest BCUT2D eigenvalue weighted by atomic mass is 10.1. The lowest BCUT2D eigenvalue weighted by Crippen LogP contribution is -2.18. The first kappa shape index (κ1) is 15.0. The highest BCUT2D eigenvalue weighted by Gasteiger charge is 2.06. The summed E-state index contributed by atoms with van der Waals surface area (Å²) in [5, 5.41) is 6.72. The van der Waals surface area contributed by atoms with Crippen LogP contribution in [-0.2, 0) is 6.54 Å². The van der Waals surface area contributed by atoms with Crippen molar-refractivity contribution < 1.29 is 4.74 Å². The third-order valence-electron chi connectivity index (χ3n) is 3.11. The standard InChI is InChI=1S/C16H22N2OS/c1-4-9-19-16-7-5-14(6-8-16)12(2)17-10-15-11-20-13(3)18-15/h5-8,11-12,17H,4,9-10H2,1-3H3. The number of nitrogens with zero attached hydrogens (tertiary/aromatic N) is 1. The minimum absolute atomic E-state index is 0.303. The van der Waals surface area contributed by atoms with Crippen LogP contribution in [0.1, 0.15) is 42.6 Å². The fraction of sp³-hybridized carbons (Fsp3) is 0.438. The van der Waals surface area contributed by atoms with Crippen molar-refractivity contribution in [1.29, 1.82) is 0 Å². The third-order valence-corrected chi connectivity index (χ3v) is 3.93. The Hall–Kier alpha value is -1.39. The van der Waals surface area contributed by atoms with Gasteiger partial charge in [0.1, 0.15) is 5.75 Å². The van der Waals surface area contributed by atoms with Crippen molar-refractivity contribution in [2.24, 2.45) is 0 Å². The van der Waals surface area contributed by atoms with Crippen LogP contribution in [0.25, 0.3) is 0 Å². The predicted octanol–water partition coefficient (Wildman–Crippen LogP) is 4.09. The third kappa shape index (κ3) is 4.32. The molecule has 2 aromatic rings. The Morgan fingerprint density at radius 3 is 2.65 bits per heavy atom. The molecule has 0 amide bonds. The van der Waals surface area contributed by atoms with Crippen LogP contribution in [0.4, 0.5) is 0 Å². The maximum Gasteiger partial charge on any atom is 0.119 e. The van der Waals surface area contributed by atoms with Crippen LogP contribution in [0.3, 0.4) is 0 Å². The second-order valence-electron chi connectivity index (χ2n) is 4.88. The molecule has 4 heteroatoms. The molecule has 108 valence electrons. The largest absolute Gasteiger partial charge is 0.494 e. The van der Waals surface area contributed by atoms with E-state index < -0.39 is 0 Å². The summed E-state index contributed by atoms with van der Waals surface area (Å²) < 4.78 is 5.59. The number of benzene rings is 1. The van der Waals surface area contributed by atoms with Gasteiger partial charge in [0.05, 0.1) is 17.3 Å². The summed E-state index contributed by atoms with van der Waals surface area (Å²) in [4.78, 5) is 4.46. The molecular weight excluding hydrogens is 268 g/mol. The van der Waals surface area contributed by atoms with Gasteiger partial charge in [-0.2, -0.15) is 0 Å². The van der Waals surface area contributed by atoms with Crippen molar-refractivity contribution in [3.63, 3.8) is 0 Å². The summed E-state index contributed by atoms with van der Waals surface area (Å²) >= 11 is 1.69. The summed E-state index contributed by atoms with van der Waals surface area (Å²) in [6.45, 7) is 7.89. The minimum Gasteiger partial charge on any atom is -0.494 e. The van der Waals surface area contributed by atoms with Crippen LogP contribution in [0.15, 0.2) is 29.6 Å². The first-order chi connectivity index (χ1) is 9.69. The normalized spacial score (nSPS) is 12.3. The molecule has 1 aromatic heterocycles. The van der Waals surface area contributed by atoms with Crippen molar-refractivity contribution in [2.75, 3.05) is 6.61 Å². The molecule has 1 aromatic carbocycles. The Labute approximate surface area is 125 Å². The van der Waals surface area contributed by atoms with E-state index in [0.717, 1.165) is 36.0 Å². The molecule has 1 unspecified atom stereocenters. The van der Waals surface area contributed by atoms with Gasteiger partial charge in [-0.05, 0) is 38.0 Å². The summed E-state index contributed by atoms with van der Waals surface area (Å²) in [6, 6.07) is 8.62. The summed E-state index contributed by atoms with van der Waals surface area (Å²) in [7, 11) is 0. The molecule has 0 saturated carbocycles. The van der Waals surface area contributed by atoms with E-state index in [1.165, 1.54) is 5.56 Å². The SMILES string of the molecule is CCCOc1ccc(C(C)NCc2csc(C)n2)cc1. The molecule has 0 aliphatic rings. The van der Waals surface area contributed by atoms with Gasteiger partial charge in [-0.25, -0.2) is 4.98 Å². The lowest BCUT2D eigenvalue weighted by molar-refractivity contribution is 0.317. The highest BCUT2D eigenvalue weighted by molar-refractivity contribution is 7.09. The number of thiazole rings is 1. The quantitative estimate of drug-likeness (QED) is 0.834. The molecule has 3 nitrogen and oxygen atoms in total. The van der Waals surface area contributed by atoms with E-state index in [0.29, 0.717) is 6.04 Å². The molecular formula is C16H22N2OS. The molecule has 0 spiro atoms. The van der Waals surface area contributed by atoms with Gasteiger partial charge >= 0.3 is 0 Å². The highest BCUT2D eigenvalue weighted by Crippen LogP contribution is 2.18. The van der Waals surface area contributed by atoms with E-state index in [-0.39, 0.29) is 0 Å². The fourth-order valence-electron chi connectivity index (χ4n) is 1.94. The van der Waals surface area contributed by atoms with Crippen LogP contribution in [0.2, 0.25) is 0 Å². The van der Waals surface area contributed by atoms with Crippen LogP contribution >= 0.6 is 11.3 Å². The van der Waals surface area contributed by atoms with Gasteiger partial charge in [0.25, 0.3) is 0 Å². The first-order valence-corrected chi connectivity index (χ1v) is 7.94. The maximum atomic E-state index is 5.59. The van der Waals surface area contributed by atoms with E-state index in [1.807, 2.05) is 19.1 Å². The predicted molar refractivity (Wildman–Crippen MR) is 84.3 cm³/mol. The van der Waals surface area contributed by atoms with Gasteiger partial charge in [0.2, 0.25) is 0 Å². The summed E-state index contributed by atoms with van der Waals surface area (Å²) in [5.74, 6) is 0.943. The van der Waals surface area contributed by atoms with E-state index in [9.17, 15) is 0 Å². The molecule has 1 N–H and O–H groups in total. The number of hydrogen-bond donors (Lipinski definition) is 1. The zero-order valence-electron chi connectivity index (χ0n) is 12.3. The van der Waals surface area contributed by atoms with Gasteiger partial charge < -0.3 is 10.1 Å². The van der Waals surface area contributed by atoms with Gasteiger partial charge in [0, 0.05) is 18.0 Å². The van der Waals surface area contributed by atoms with Crippen LogP contribution < -0.4 is 10.1 Å². The summed E-state index contributed by atoms with van der Waals surface area (Å²) in [5.41, 5.74) is 2.38. The van der Waals surface area contributed by atoms with E-state index in [4.69, 9.17) is 4.74 Å². The van der Waals surface area contributed by atoms with Crippen molar-refractivity contribution in [2.45, 2.75) is 39.8 Å². The molecule has 20 heavy (non-hydrogen) atoms. The van der Waals surface area contributed by atoms with Gasteiger partial charge in [-0.1, -0.05) is 19.1 Å². The van der Waals surface area contributed by atoms with Crippen LogP contribution in [0, 0.1) is 6.92 Å². The lowest BCUT2D eigenvalue weighted by Gasteiger charge is -2.14. The smallest absolute Gasteiger partial charge is 0.119 e. The average molecular weight is 290 g/mol. The van der Waals surface area contributed by atoms with Crippen LogP contribution in [-0.4, -0.2) is 11.6 Å². The highest BCUT2D eigenvalue weighted by atomic mass is 32.1. The molecule has 0 saturated heterocycles. The Balaban J connectivity index is 1.86. The Morgan fingerprint density at radius 1 is 1.30 bits per heavy atom. The zero-order valence-corrected chi connectivity index (χ0v) is 13.2. The number of hydrogen-bond acceptors (Lipinski definition) is 4. The Morgan fingerprint density at radius 2 is 2.05 bits per heavy atom. The van der Waals surface area contributed by atoms with Gasteiger partial charge in [-0.3, -0.25) is 0 Å². The monoisotopic (exact) mass is 290 g/mol. The molecule has 1 heterocycles. The topological polar surface area (TPSA) is 34.1 Å². The zero-order chi connectivity index (χ0) is 14.4. The number of nitrogens with one attached hydrogen (secondary N) is 1. The Bertz CT molecular complexity index is 522. The van der Waals surface area contributed by atoms with E-state index in [1.54, 1.807) is 11.3 Å².